The van der Waals surface area contributed by atoms with Gasteiger partial charge in [-0.3, -0.25) is 4.99 Å². The molecular weight excluding hydrogens is 477 g/mol. The van der Waals surface area contributed by atoms with Gasteiger partial charge in [0.2, 0.25) is 0 Å². The highest BCUT2D eigenvalue weighted by Gasteiger charge is 2.23. The number of halogens is 1. The van der Waals surface area contributed by atoms with Crippen LogP contribution in [0, 0.1) is 12.8 Å². The molecule has 0 amide bonds. The number of ether oxygens (including phenoxy) is 1. The van der Waals surface area contributed by atoms with E-state index in [1.807, 2.05) is 6.20 Å². The quantitative estimate of drug-likeness (QED) is 0.231. The van der Waals surface area contributed by atoms with Gasteiger partial charge in [-0.1, -0.05) is 12.8 Å². The molecule has 0 unspecified atom stereocenters. The number of unbranched alkanes of at least 4 members (excludes halogenated alkanes) is 1. The number of aliphatic imine (C=N–C) groups is 1. The highest BCUT2D eigenvalue weighted by atomic mass is 127. The summed E-state index contributed by atoms with van der Waals surface area (Å²) in [5.74, 6) is 2.99. The first-order valence-electron chi connectivity index (χ1n) is 11.4. The van der Waals surface area contributed by atoms with Gasteiger partial charge in [-0.2, -0.15) is 0 Å². The Morgan fingerprint density at radius 1 is 1.21 bits per heavy atom. The van der Waals surface area contributed by atoms with Gasteiger partial charge in [-0.15, -0.1) is 24.0 Å². The molecule has 0 radical (unpaired) electrons. The number of rotatable bonds is 9. The van der Waals surface area contributed by atoms with Crippen molar-refractivity contribution in [2.45, 2.75) is 77.9 Å². The molecule has 3 rings (SSSR count). The van der Waals surface area contributed by atoms with Gasteiger partial charge < -0.3 is 19.5 Å². The minimum absolute atomic E-state index is 0. The number of likely N-dealkylation sites (tertiary alicyclic amines) is 1. The minimum Gasteiger partial charge on any atom is -0.378 e. The highest BCUT2D eigenvalue weighted by molar-refractivity contribution is 14.0. The van der Waals surface area contributed by atoms with Crippen molar-refractivity contribution < 1.29 is 4.74 Å². The Kier molecular flexibility index (Phi) is 11.4. The van der Waals surface area contributed by atoms with E-state index >= 15 is 0 Å². The molecule has 1 aromatic rings. The summed E-state index contributed by atoms with van der Waals surface area (Å²) in [6, 6.07) is 0. The Morgan fingerprint density at radius 3 is 2.62 bits per heavy atom. The van der Waals surface area contributed by atoms with Crippen LogP contribution in [0.25, 0.3) is 0 Å². The average Bonchev–Trinajstić information content (AvgIpc) is 3.38. The lowest BCUT2D eigenvalue weighted by Gasteiger charge is -2.34. The molecule has 1 saturated carbocycles. The molecule has 29 heavy (non-hydrogen) atoms. The molecule has 2 heterocycles. The van der Waals surface area contributed by atoms with Crippen LogP contribution < -0.4 is 5.32 Å². The predicted molar refractivity (Wildman–Crippen MR) is 130 cm³/mol. The average molecular weight is 518 g/mol. The van der Waals surface area contributed by atoms with Crippen molar-refractivity contribution in [2.75, 3.05) is 32.8 Å². The third-order valence-corrected chi connectivity index (χ3v) is 6.11. The van der Waals surface area contributed by atoms with Crippen molar-refractivity contribution in [1.29, 1.82) is 0 Å². The zero-order valence-electron chi connectivity index (χ0n) is 18.3. The van der Waals surface area contributed by atoms with Crippen LogP contribution in [0.3, 0.4) is 0 Å². The highest BCUT2D eigenvalue weighted by Crippen LogP contribution is 2.26. The summed E-state index contributed by atoms with van der Waals surface area (Å²) in [4.78, 5) is 11.6. The fraction of sp³-hybridized carbons (Fsp3) is 0.818. The van der Waals surface area contributed by atoms with Gasteiger partial charge in [0.25, 0.3) is 0 Å². The number of imidazole rings is 1. The monoisotopic (exact) mass is 517 g/mol. The van der Waals surface area contributed by atoms with Crippen LogP contribution in [0.5, 0.6) is 0 Å². The van der Waals surface area contributed by atoms with Crippen LogP contribution in [0.4, 0.5) is 0 Å². The van der Waals surface area contributed by atoms with E-state index in [9.17, 15) is 0 Å². The summed E-state index contributed by atoms with van der Waals surface area (Å²) in [6.45, 7) is 10.1. The number of aromatic nitrogens is 2. The Morgan fingerprint density at radius 2 is 1.97 bits per heavy atom. The van der Waals surface area contributed by atoms with Crippen LogP contribution in [0.15, 0.2) is 17.4 Å². The van der Waals surface area contributed by atoms with Crippen molar-refractivity contribution in [2.24, 2.45) is 10.9 Å². The SMILES string of the molecule is CCNC(=NCCCCn1ccnc1C)N1CCC(OCC2CCCC2)CC1.I. The second-order valence-corrected chi connectivity index (χ2v) is 8.28. The normalized spacial score (nSPS) is 18.8. The molecule has 1 aliphatic carbocycles. The van der Waals surface area contributed by atoms with Crippen molar-refractivity contribution in [3.63, 3.8) is 0 Å². The smallest absolute Gasteiger partial charge is 0.193 e. The Bertz CT molecular complexity index is 592. The maximum Gasteiger partial charge on any atom is 0.193 e. The molecule has 0 bridgehead atoms. The third-order valence-electron chi connectivity index (χ3n) is 6.11. The second-order valence-electron chi connectivity index (χ2n) is 8.28. The van der Waals surface area contributed by atoms with Gasteiger partial charge >= 0.3 is 0 Å². The molecule has 1 N–H and O–H groups in total. The molecule has 2 fully saturated rings. The minimum atomic E-state index is 0. The second kappa shape index (κ2) is 13.5. The number of guanidine groups is 1. The van der Waals surface area contributed by atoms with E-state index in [0.29, 0.717) is 6.10 Å². The summed E-state index contributed by atoms with van der Waals surface area (Å²) >= 11 is 0. The van der Waals surface area contributed by atoms with Crippen LogP contribution in [-0.2, 0) is 11.3 Å². The summed E-state index contributed by atoms with van der Waals surface area (Å²) in [5, 5.41) is 3.48. The molecule has 166 valence electrons. The van der Waals surface area contributed by atoms with E-state index < -0.39 is 0 Å². The fourth-order valence-electron chi connectivity index (χ4n) is 4.33. The molecule has 1 aliphatic heterocycles. The fourth-order valence-corrected chi connectivity index (χ4v) is 4.33. The van der Waals surface area contributed by atoms with Gasteiger partial charge in [0, 0.05) is 51.7 Å². The topological polar surface area (TPSA) is 54.7 Å². The lowest BCUT2D eigenvalue weighted by Crippen LogP contribution is -2.47. The number of nitrogens with zero attached hydrogens (tertiary/aromatic N) is 4. The predicted octanol–water partition coefficient (Wildman–Crippen LogP) is 4.23. The van der Waals surface area contributed by atoms with E-state index in [4.69, 9.17) is 9.73 Å². The van der Waals surface area contributed by atoms with Crippen LogP contribution in [0.1, 0.15) is 64.1 Å². The lowest BCUT2D eigenvalue weighted by atomic mass is 10.1. The van der Waals surface area contributed by atoms with Crippen LogP contribution in [-0.4, -0.2) is 59.3 Å². The first-order valence-corrected chi connectivity index (χ1v) is 11.4. The van der Waals surface area contributed by atoms with Gasteiger partial charge in [-0.25, -0.2) is 4.98 Å². The lowest BCUT2D eigenvalue weighted by molar-refractivity contribution is 0.00102. The van der Waals surface area contributed by atoms with Gasteiger partial charge in [0.1, 0.15) is 5.82 Å². The maximum absolute atomic E-state index is 6.22. The molecule has 6 nitrogen and oxygen atoms in total. The molecule has 1 saturated heterocycles. The molecule has 1 aromatic heterocycles. The number of hydrogen-bond acceptors (Lipinski definition) is 3. The van der Waals surface area contributed by atoms with Crippen molar-refractivity contribution in [3.8, 4) is 0 Å². The van der Waals surface area contributed by atoms with Crippen molar-refractivity contribution >= 4 is 29.9 Å². The molecule has 7 heteroatoms. The Labute approximate surface area is 193 Å². The van der Waals surface area contributed by atoms with Crippen LogP contribution >= 0.6 is 24.0 Å². The Hall–Kier alpha value is -0.830. The summed E-state index contributed by atoms with van der Waals surface area (Å²) in [7, 11) is 0. The van der Waals surface area contributed by atoms with Crippen molar-refractivity contribution in [3.05, 3.63) is 18.2 Å². The number of piperidine rings is 1. The molecular formula is C22H40IN5O. The number of aryl methyl sites for hydroxylation is 2. The first-order chi connectivity index (χ1) is 13.8. The number of nitrogens with one attached hydrogen (secondary N) is 1. The zero-order chi connectivity index (χ0) is 19.6. The van der Waals surface area contributed by atoms with Crippen LogP contribution in [0.2, 0.25) is 0 Å². The molecule has 0 atom stereocenters. The number of hydrogen-bond donors (Lipinski definition) is 1. The third kappa shape index (κ3) is 8.07. The molecule has 0 spiro atoms. The van der Waals surface area contributed by atoms with Gasteiger partial charge in [0.15, 0.2) is 5.96 Å². The van der Waals surface area contributed by atoms with E-state index in [1.54, 1.807) is 0 Å². The molecule has 2 aliphatic rings. The van der Waals surface area contributed by atoms with E-state index in [2.05, 4.69) is 39.8 Å². The summed E-state index contributed by atoms with van der Waals surface area (Å²) < 4.78 is 8.43. The van der Waals surface area contributed by atoms with E-state index in [1.165, 1.54) is 25.7 Å². The van der Waals surface area contributed by atoms with Crippen molar-refractivity contribution in [1.82, 2.24) is 19.8 Å². The van der Waals surface area contributed by atoms with Gasteiger partial charge in [-0.05, 0) is 58.3 Å². The summed E-state index contributed by atoms with van der Waals surface area (Å²) in [5.41, 5.74) is 0. The Balaban J connectivity index is 0.00000300. The zero-order valence-corrected chi connectivity index (χ0v) is 20.6. The maximum atomic E-state index is 6.22. The van der Waals surface area contributed by atoms with E-state index in [0.717, 1.165) is 82.7 Å². The largest absolute Gasteiger partial charge is 0.378 e. The van der Waals surface area contributed by atoms with E-state index in [-0.39, 0.29) is 24.0 Å². The summed E-state index contributed by atoms with van der Waals surface area (Å²) in [6.07, 6.45) is 14.4. The first kappa shape index (κ1) is 24.4. The standard InChI is InChI=1S/C22H39N5O.HI/c1-3-23-22(25-12-6-7-14-26-17-13-24-19(26)2)27-15-10-21(11-16-27)28-18-20-8-4-5-9-20;/h13,17,20-21H,3-12,14-16,18H2,1-2H3,(H,23,25);1H. The molecule has 0 aromatic carbocycles. The van der Waals surface area contributed by atoms with Gasteiger partial charge in [0.05, 0.1) is 6.10 Å².